The van der Waals surface area contributed by atoms with Gasteiger partial charge in [-0.3, -0.25) is 12.9 Å². The van der Waals surface area contributed by atoms with E-state index in [-0.39, 0.29) is 86.7 Å². The summed E-state index contributed by atoms with van der Waals surface area (Å²) in [6.07, 6.45) is 0. The normalized spacial score (nSPS) is 12.6. The fourth-order valence-electron chi connectivity index (χ4n) is 4.54. The number of nitrogens with two attached hydrogens (primary N) is 1. The highest BCUT2D eigenvalue weighted by atomic mass is 32.2. The van der Waals surface area contributed by atoms with Crippen molar-refractivity contribution in [1.29, 1.82) is 0 Å². The van der Waals surface area contributed by atoms with Crippen LogP contribution in [0.25, 0.3) is 10.8 Å². The smallest absolute Gasteiger partial charge is 0.296 e. The zero-order valence-corrected chi connectivity index (χ0v) is 33.6. The molecule has 0 amide bonds. The second kappa shape index (κ2) is 21.4. The van der Waals surface area contributed by atoms with E-state index in [2.05, 4.69) is 48.6 Å². The summed E-state index contributed by atoms with van der Waals surface area (Å²) in [5, 5.41) is 63.0. The summed E-state index contributed by atoms with van der Waals surface area (Å²) in [5.74, 6) is -1.80. The van der Waals surface area contributed by atoms with Crippen LogP contribution in [0.4, 0.5) is 28.4 Å². The Balaban J connectivity index is 1.78. The van der Waals surface area contributed by atoms with E-state index >= 15 is 0 Å². The van der Waals surface area contributed by atoms with Gasteiger partial charge >= 0.3 is 0 Å². The summed E-state index contributed by atoms with van der Waals surface area (Å²) in [4.78, 5) is -1.78. The van der Waals surface area contributed by atoms with Crippen LogP contribution in [-0.4, -0.2) is 82.5 Å². The van der Waals surface area contributed by atoms with Crippen molar-refractivity contribution in [2.45, 2.75) is 19.6 Å². The first kappa shape index (κ1) is 46.8. The number of ether oxygens (including phenoxy) is 1. The van der Waals surface area contributed by atoms with Gasteiger partial charge in [0, 0.05) is 10.8 Å². The summed E-state index contributed by atoms with van der Waals surface area (Å²) >= 11 is 0.571. The van der Waals surface area contributed by atoms with E-state index < -0.39 is 74.8 Å². The minimum atomic E-state index is -5.04. The van der Waals surface area contributed by atoms with E-state index in [9.17, 15) is 34.9 Å². The first-order chi connectivity index (χ1) is 27.6. The van der Waals surface area contributed by atoms with Crippen molar-refractivity contribution in [3.05, 3.63) is 54.6 Å². The molecule has 0 unspecified atom stereocenters. The molecule has 0 atom stereocenters. The van der Waals surface area contributed by atoms with E-state index in [4.69, 9.17) is 34.6 Å². The van der Waals surface area contributed by atoms with Crippen LogP contribution in [0.2, 0.25) is 0 Å². The molecule has 58 heavy (non-hydrogen) atoms. The molecule has 0 aliphatic heterocycles. The maximum Gasteiger partial charge on any atom is 0.296 e. The van der Waals surface area contributed by atoms with E-state index in [1.807, 2.05) is 0 Å². The zero-order valence-electron chi connectivity index (χ0n) is 28.7. The maximum atomic E-state index is 12.9. The van der Waals surface area contributed by atoms with Crippen molar-refractivity contribution in [3.63, 3.8) is 0 Å². The summed E-state index contributed by atoms with van der Waals surface area (Å²) in [6.45, 7) is -0.858. The van der Waals surface area contributed by atoms with Crippen LogP contribution in [0.5, 0.6) is 11.5 Å². The van der Waals surface area contributed by atoms with Gasteiger partial charge in [-0.15, -0.1) is 33.5 Å². The lowest BCUT2D eigenvalue weighted by atomic mass is 10.1. The quantitative estimate of drug-likeness (QED) is 0.00917. The van der Waals surface area contributed by atoms with Crippen LogP contribution in [0, 0.1) is 0 Å². The number of benzene rings is 4. The lowest BCUT2D eigenvalue weighted by Gasteiger charge is -2.12. The molecular weight excluding hydrogens is 907 g/mol. The molecule has 4 aromatic carbocycles. The molecule has 0 saturated carbocycles. The second-order valence-electron chi connectivity index (χ2n) is 10.4. The van der Waals surface area contributed by atoms with Gasteiger partial charge in [-0.1, -0.05) is 15.1 Å². The first-order valence-corrected chi connectivity index (χ1v) is 21.7. The van der Waals surface area contributed by atoms with Gasteiger partial charge in [0.2, 0.25) is 0 Å². The number of fused-ring (bicyclic) bond motifs is 1. The molecule has 4 aromatic rings. The van der Waals surface area contributed by atoms with E-state index in [0.717, 1.165) is 24.3 Å². The third-order valence-corrected chi connectivity index (χ3v) is 12.7. The van der Waals surface area contributed by atoms with E-state index in [1.54, 1.807) is 0 Å². The standard InChI is InChI=1S/C27H27N5O20S6/c1-44-22-6-2-15(56(37,38)10-8-45-54-51-48-35)12-20(22)29-31-25-18-14-23(53-50-47-34)26(27(33)17(18)4-5-19(25)28)32-30-21-13-16(3-7-24(21)58(41,42)43)57(39,40)11-9-46-55-52-49-36/h2-7,12-14,33-36H,8-11,28H2,1H3,(H,41,42,43)/b31-29+,32-30+. The third-order valence-electron chi connectivity index (χ3n) is 7.07. The molecule has 0 aromatic heterocycles. The van der Waals surface area contributed by atoms with E-state index in [1.165, 1.54) is 37.4 Å². The highest BCUT2D eigenvalue weighted by molar-refractivity contribution is 7.94. The number of hydrogen-bond acceptors (Lipinski definition) is 27. The SMILES string of the molecule is COc1ccc(S(=O)(=O)CCOSOOO)cc1/N=N/c1c(N)ccc2c(O)c(/N=N/c3cc(S(=O)(=O)CCOSOOO)ccc3S(=O)(=O)O)c(SOOO)cc12. The van der Waals surface area contributed by atoms with E-state index in [0.29, 0.717) is 0 Å². The summed E-state index contributed by atoms with van der Waals surface area (Å²) in [7, 11) is -11.9. The Morgan fingerprint density at radius 3 is 1.79 bits per heavy atom. The molecule has 0 heterocycles. The minimum Gasteiger partial charge on any atom is -0.505 e. The molecule has 0 fully saturated rings. The third kappa shape index (κ3) is 12.3. The predicted octanol–water partition coefficient (Wildman–Crippen LogP) is 6.19. The number of methoxy groups -OCH3 is 1. The molecular formula is C27H27N5O20S6. The molecule has 0 bridgehead atoms. The molecule has 7 N–H and O–H groups in total. The van der Waals surface area contributed by atoms with Crippen LogP contribution < -0.4 is 10.5 Å². The van der Waals surface area contributed by atoms with Crippen molar-refractivity contribution in [3.8, 4) is 11.5 Å². The predicted molar refractivity (Wildman–Crippen MR) is 199 cm³/mol. The number of anilines is 1. The molecule has 0 aliphatic carbocycles. The number of phenolic OH excluding ortho intramolecular Hbond substituents is 1. The van der Waals surface area contributed by atoms with Crippen LogP contribution >= 0.6 is 36.7 Å². The Labute approximate surface area is 339 Å². The fraction of sp³-hybridized carbons (Fsp3) is 0.185. The Hall–Kier alpha value is -3.84. The lowest BCUT2D eigenvalue weighted by molar-refractivity contribution is -0.434. The maximum absolute atomic E-state index is 12.9. The number of nitrogen functional groups attached to an aromatic ring is 1. The molecule has 316 valence electrons. The molecule has 0 saturated heterocycles. The minimum absolute atomic E-state index is 0.0131. The molecule has 0 aliphatic rings. The first-order valence-electron chi connectivity index (χ1n) is 14.9. The molecule has 0 spiro atoms. The second-order valence-corrected chi connectivity index (χ2v) is 17.8. The highest BCUT2D eigenvalue weighted by Gasteiger charge is 2.24. The number of azo groups is 2. The number of aromatic hydroxyl groups is 1. The molecule has 0 radical (unpaired) electrons. The van der Waals surface area contributed by atoms with Gasteiger partial charge in [-0.25, -0.2) is 32.6 Å². The Kier molecular flexibility index (Phi) is 17.3. The fourth-order valence-corrected chi connectivity index (χ4v) is 8.48. The molecule has 31 heteroatoms. The molecule has 4 rings (SSSR count). The van der Waals surface area contributed by atoms with Gasteiger partial charge < -0.3 is 15.6 Å². The average molecular weight is 934 g/mol. The van der Waals surface area contributed by atoms with Gasteiger partial charge in [-0.05, 0) is 54.6 Å². The van der Waals surface area contributed by atoms with Crippen molar-refractivity contribution >= 4 is 106 Å². The van der Waals surface area contributed by atoms with Crippen molar-refractivity contribution in [2.24, 2.45) is 20.5 Å². The van der Waals surface area contributed by atoms with Gasteiger partial charge in [-0.2, -0.15) is 8.42 Å². The Bertz CT molecular complexity index is 2480. The Morgan fingerprint density at radius 1 is 0.672 bits per heavy atom. The summed E-state index contributed by atoms with van der Waals surface area (Å²) in [5.41, 5.74) is 4.86. The number of hydrogen-bond donors (Lipinski definition) is 6. The van der Waals surface area contributed by atoms with Crippen molar-refractivity contribution in [1.82, 2.24) is 0 Å². The largest absolute Gasteiger partial charge is 0.505 e. The summed E-state index contributed by atoms with van der Waals surface area (Å²) < 4.78 is 113. The summed E-state index contributed by atoms with van der Waals surface area (Å²) in [6, 6.07) is 10.00. The number of sulfone groups is 2. The molecule has 25 nitrogen and oxygen atoms in total. The Morgan fingerprint density at radius 2 is 1.22 bits per heavy atom. The number of nitrogens with zero attached hydrogens (tertiary/aromatic N) is 4. The van der Waals surface area contributed by atoms with Crippen LogP contribution in [0.1, 0.15) is 0 Å². The van der Waals surface area contributed by atoms with Gasteiger partial charge in [0.15, 0.2) is 50.1 Å². The van der Waals surface area contributed by atoms with Crippen molar-refractivity contribution in [2.75, 3.05) is 37.6 Å². The average Bonchev–Trinajstić information content (AvgIpc) is 3.18. The van der Waals surface area contributed by atoms with Gasteiger partial charge in [0.1, 0.15) is 33.4 Å². The van der Waals surface area contributed by atoms with Crippen LogP contribution in [-0.2, 0) is 66.3 Å². The van der Waals surface area contributed by atoms with Crippen LogP contribution in [0.15, 0.2) is 94.6 Å². The topological polar surface area (TPSA) is 362 Å². The zero-order chi connectivity index (χ0) is 42.5. The van der Waals surface area contributed by atoms with Gasteiger partial charge in [0.05, 0.1) is 64.2 Å². The highest BCUT2D eigenvalue weighted by Crippen LogP contribution is 2.48. The number of rotatable bonds is 23. The van der Waals surface area contributed by atoms with Crippen LogP contribution in [0.3, 0.4) is 0 Å². The number of phenols is 1. The van der Waals surface area contributed by atoms with Crippen molar-refractivity contribution < 1.29 is 91.9 Å². The lowest BCUT2D eigenvalue weighted by Crippen LogP contribution is -2.11. The van der Waals surface area contributed by atoms with Gasteiger partial charge in [0.25, 0.3) is 10.1 Å². The monoisotopic (exact) mass is 933 g/mol.